The lowest BCUT2D eigenvalue weighted by Crippen LogP contribution is -2.27. The summed E-state index contributed by atoms with van der Waals surface area (Å²) in [7, 11) is 1.60. The Hall–Kier alpha value is -0.930. The highest BCUT2D eigenvalue weighted by atomic mass is 35.5. The fourth-order valence-electron chi connectivity index (χ4n) is 1.17. The smallest absolute Gasteiger partial charge is 0.137 e. The molecule has 84 valence electrons. The minimum absolute atomic E-state index is 0.172. The summed E-state index contributed by atoms with van der Waals surface area (Å²) >= 11 is 5.98. The zero-order valence-corrected chi connectivity index (χ0v) is 9.84. The Labute approximate surface area is 95.6 Å². The molecule has 0 radical (unpaired) electrons. The van der Waals surface area contributed by atoms with E-state index >= 15 is 0 Å². The first-order valence-corrected chi connectivity index (χ1v) is 5.38. The van der Waals surface area contributed by atoms with Crippen LogP contribution in [0.3, 0.4) is 0 Å². The lowest BCUT2D eigenvalue weighted by Gasteiger charge is -2.12. The number of nitrogens with two attached hydrogens (primary N) is 1. The molecule has 0 aromatic heterocycles. The van der Waals surface area contributed by atoms with Gasteiger partial charge in [0.15, 0.2) is 0 Å². The number of ether oxygens (including phenoxy) is 1. The van der Waals surface area contributed by atoms with Crippen molar-refractivity contribution in [3.8, 4) is 5.75 Å². The van der Waals surface area contributed by atoms with Crippen LogP contribution in [0, 0.1) is 0 Å². The first kappa shape index (κ1) is 12.1. The molecule has 0 aliphatic heterocycles. The second-order valence-corrected chi connectivity index (χ2v) is 3.81. The van der Waals surface area contributed by atoms with Crippen LogP contribution in [0.4, 0.5) is 5.69 Å². The number of rotatable bonds is 5. The first-order chi connectivity index (χ1) is 7.17. The van der Waals surface area contributed by atoms with Gasteiger partial charge < -0.3 is 15.8 Å². The van der Waals surface area contributed by atoms with Gasteiger partial charge in [-0.3, -0.25) is 0 Å². The van der Waals surface area contributed by atoms with Crippen LogP contribution in [-0.2, 0) is 0 Å². The molecule has 1 atom stereocenters. The van der Waals surface area contributed by atoms with Gasteiger partial charge >= 0.3 is 0 Å². The Bertz CT molecular complexity index is 317. The standard InChI is InChI=1S/C11H17ClN2O/c1-3-8(13)7-14-9-4-5-11(15-2)10(12)6-9/h4-6,8,14H,3,7,13H2,1-2H3. The third kappa shape index (κ3) is 3.61. The second-order valence-electron chi connectivity index (χ2n) is 3.40. The Morgan fingerprint density at radius 3 is 2.80 bits per heavy atom. The van der Waals surface area contributed by atoms with Crippen molar-refractivity contribution in [1.82, 2.24) is 0 Å². The molecule has 15 heavy (non-hydrogen) atoms. The zero-order chi connectivity index (χ0) is 11.3. The van der Waals surface area contributed by atoms with Gasteiger partial charge in [-0.05, 0) is 24.6 Å². The molecule has 0 heterocycles. The number of nitrogens with one attached hydrogen (secondary N) is 1. The SMILES string of the molecule is CCC(N)CNc1ccc(OC)c(Cl)c1. The highest BCUT2D eigenvalue weighted by Gasteiger charge is 2.02. The van der Waals surface area contributed by atoms with E-state index in [1.54, 1.807) is 7.11 Å². The van der Waals surface area contributed by atoms with Gasteiger partial charge in [0.1, 0.15) is 5.75 Å². The van der Waals surface area contributed by atoms with Crippen LogP contribution in [0.2, 0.25) is 5.02 Å². The van der Waals surface area contributed by atoms with Gasteiger partial charge in [0.25, 0.3) is 0 Å². The minimum atomic E-state index is 0.172. The van der Waals surface area contributed by atoms with Crippen molar-refractivity contribution in [2.24, 2.45) is 5.73 Å². The largest absolute Gasteiger partial charge is 0.495 e. The van der Waals surface area contributed by atoms with E-state index in [9.17, 15) is 0 Å². The molecule has 3 N–H and O–H groups in total. The predicted molar refractivity (Wildman–Crippen MR) is 64.8 cm³/mol. The lowest BCUT2D eigenvalue weighted by atomic mass is 10.2. The van der Waals surface area contributed by atoms with E-state index in [2.05, 4.69) is 12.2 Å². The van der Waals surface area contributed by atoms with E-state index < -0.39 is 0 Å². The molecule has 0 saturated carbocycles. The molecule has 0 amide bonds. The van der Waals surface area contributed by atoms with Crippen LogP contribution in [-0.4, -0.2) is 19.7 Å². The van der Waals surface area contributed by atoms with Crippen LogP contribution in [0.15, 0.2) is 18.2 Å². The van der Waals surface area contributed by atoms with E-state index in [1.807, 2.05) is 18.2 Å². The Morgan fingerprint density at radius 2 is 2.27 bits per heavy atom. The summed E-state index contributed by atoms with van der Waals surface area (Å²) in [6.45, 7) is 2.81. The normalized spacial score (nSPS) is 12.3. The fourth-order valence-corrected chi connectivity index (χ4v) is 1.43. The number of hydrogen-bond acceptors (Lipinski definition) is 3. The van der Waals surface area contributed by atoms with Crippen molar-refractivity contribution in [3.63, 3.8) is 0 Å². The van der Waals surface area contributed by atoms with E-state index in [-0.39, 0.29) is 6.04 Å². The first-order valence-electron chi connectivity index (χ1n) is 5.00. The van der Waals surface area contributed by atoms with Crippen molar-refractivity contribution in [2.45, 2.75) is 19.4 Å². The molecule has 1 unspecified atom stereocenters. The molecule has 1 rings (SSSR count). The van der Waals surface area contributed by atoms with E-state index in [0.29, 0.717) is 10.8 Å². The maximum atomic E-state index is 5.98. The van der Waals surface area contributed by atoms with Crippen LogP contribution in [0.5, 0.6) is 5.75 Å². The molecule has 4 heteroatoms. The van der Waals surface area contributed by atoms with Crippen molar-refractivity contribution in [1.29, 1.82) is 0 Å². The predicted octanol–water partition coefficient (Wildman–Crippen LogP) is 2.50. The minimum Gasteiger partial charge on any atom is -0.495 e. The van der Waals surface area contributed by atoms with Gasteiger partial charge in [-0.15, -0.1) is 0 Å². The van der Waals surface area contributed by atoms with Gasteiger partial charge in [-0.1, -0.05) is 18.5 Å². The number of anilines is 1. The number of halogens is 1. The van der Waals surface area contributed by atoms with Gasteiger partial charge in [0.2, 0.25) is 0 Å². The van der Waals surface area contributed by atoms with Gasteiger partial charge in [-0.25, -0.2) is 0 Å². The van der Waals surface area contributed by atoms with Gasteiger partial charge in [-0.2, -0.15) is 0 Å². The topological polar surface area (TPSA) is 47.3 Å². The Morgan fingerprint density at radius 1 is 1.53 bits per heavy atom. The van der Waals surface area contributed by atoms with E-state index in [0.717, 1.165) is 18.7 Å². The van der Waals surface area contributed by atoms with Crippen LogP contribution >= 0.6 is 11.6 Å². The van der Waals surface area contributed by atoms with Crippen LogP contribution in [0.25, 0.3) is 0 Å². The maximum absolute atomic E-state index is 5.98. The summed E-state index contributed by atoms with van der Waals surface area (Å²) in [4.78, 5) is 0. The van der Waals surface area contributed by atoms with E-state index in [1.165, 1.54) is 0 Å². The van der Waals surface area contributed by atoms with Crippen molar-refractivity contribution < 1.29 is 4.74 Å². The van der Waals surface area contributed by atoms with Crippen LogP contribution in [0.1, 0.15) is 13.3 Å². The molecule has 0 fully saturated rings. The average Bonchev–Trinajstić information content (AvgIpc) is 2.26. The molecule has 0 aliphatic rings. The molecular weight excluding hydrogens is 212 g/mol. The van der Waals surface area contributed by atoms with E-state index in [4.69, 9.17) is 22.1 Å². The van der Waals surface area contributed by atoms with Crippen molar-refractivity contribution in [3.05, 3.63) is 23.2 Å². The lowest BCUT2D eigenvalue weighted by molar-refractivity contribution is 0.415. The monoisotopic (exact) mass is 228 g/mol. The molecule has 0 saturated heterocycles. The summed E-state index contributed by atoms with van der Waals surface area (Å²) in [5.41, 5.74) is 6.76. The quantitative estimate of drug-likeness (QED) is 0.814. The third-order valence-corrected chi connectivity index (χ3v) is 2.54. The van der Waals surface area contributed by atoms with Gasteiger partial charge in [0, 0.05) is 18.3 Å². The summed E-state index contributed by atoms with van der Waals surface area (Å²) in [6, 6.07) is 5.77. The highest BCUT2D eigenvalue weighted by Crippen LogP contribution is 2.27. The van der Waals surface area contributed by atoms with Crippen molar-refractivity contribution in [2.75, 3.05) is 19.0 Å². The van der Waals surface area contributed by atoms with Crippen LogP contribution < -0.4 is 15.8 Å². The molecule has 0 aliphatic carbocycles. The second kappa shape index (κ2) is 5.83. The summed E-state index contributed by atoms with van der Waals surface area (Å²) in [6.07, 6.45) is 0.955. The van der Waals surface area contributed by atoms with Crippen molar-refractivity contribution >= 4 is 17.3 Å². The average molecular weight is 229 g/mol. The number of hydrogen-bond donors (Lipinski definition) is 2. The number of methoxy groups -OCH3 is 1. The molecule has 0 bridgehead atoms. The molecule has 1 aromatic carbocycles. The molecule has 1 aromatic rings. The third-order valence-electron chi connectivity index (χ3n) is 2.24. The zero-order valence-electron chi connectivity index (χ0n) is 9.09. The summed E-state index contributed by atoms with van der Waals surface area (Å²) in [5.74, 6) is 0.682. The number of benzene rings is 1. The highest BCUT2D eigenvalue weighted by molar-refractivity contribution is 6.32. The Kier molecular flexibility index (Phi) is 4.72. The molecule has 0 spiro atoms. The Balaban J connectivity index is 2.59. The molecule has 3 nitrogen and oxygen atoms in total. The summed E-state index contributed by atoms with van der Waals surface area (Å²) in [5, 5.41) is 3.83. The summed E-state index contributed by atoms with van der Waals surface area (Å²) < 4.78 is 5.06. The molecular formula is C11H17ClN2O. The maximum Gasteiger partial charge on any atom is 0.137 e. The van der Waals surface area contributed by atoms with Gasteiger partial charge in [0.05, 0.1) is 12.1 Å². The fraction of sp³-hybridized carbons (Fsp3) is 0.455.